The van der Waals surface area contributed by atoms with Gasteiger partial charge in [-0.2, -0.15) is 0 Å². The van der Waals surface area contributed by atoms with Crippen LogP contribution in [0, 0.1) is 0 Å². The first-order valence-corrected chi connectivity index (χ1v) is 8.21. The first-order chi connectivity index (χ1) is 12.0. The van der Waals surface area contributed by atoms with Crippen LogP contribution in [0.1, 0.15) is 18.9 Å². The normalized spacial score (nSPS) is 10.2. The van der Waals surface area contributed by atoms with Crippen LogP contribution < -0.4 is 9.64 Å². The molecule has 0 N–H and O–H groups in total. The minimum absolute atomic E-state index is 0.00335. The van der Waals surface area contributed by atoms with E-state index in [2.05, 4.69) is 0 Å². The van der Waals surface area contributed by atoms with Crippen molar-refractivity contribution in [3.8, 4) is 5.75 Å². The molecule has 0 aliphatic rings. The Morgan fingerprint density at radius 1 is 1.00 bits per heavy atom. The molecule has 0 unspecified atom stereocenters. The summed E-state index contributed by atoms with van der Waals surface area (Å²) >= 11 is 0. The molecule has 5 heteroatoms. The summed E-state index contributed by atoms with van der Waals surface area (Å²) in [6.07, 6.45) is 0.273. The van der Waals surface area contributed by atoms with E-state index in [1.807, 2.05) is 42.5 Å². The predicted molar refractivity (Wildman–Crippen MR) is 98.6 cm³/mol. The molecule has 5 nitrogen and oxygen atoms in total. The fourth-order valence-corrected chi connectivity index (χ4v) is 2.57. The number of rotatable bonds is 7. The van der Waals surface area contributed by atoms with Crippen molar-refractivity contribution in [1.82, 2.24) is 4.90 Å². The van der Waals surface area contributed by atoms with Gasteiger partial charge in [-0.3, -0.25) is 9.59 Å². The molecule has 0 radical (unpaired) electrons. The average molecular weight is 340 g/mol. The van der Waals surface area contributed by atoms with Crippen molar-refractivity contribution in [3.63, 3.8) is 0 Å². The molecule has 2 rings (SSSR count). The second kappa shape index (κ2) is 8.87. The Balaban J connectivity index is 1.95. The number of anilines is 1. The summed E-state index contributed by atoms with van der Waals surface area (Å²) in [7, 11) is 3.37. The summed E-state index contributed by atoms with van der Waals surface area (Å²) in [5.74, 6) is 0.637. The summed E-state index contributed by atoms with van der Waals surface area (Å²) in [4.78, 5) is 27.6. The van der Waals surface area contributed by atoms with Crippen LogP contribution in [0.25, 0.3) is 0 Å². The van der Waals surface area contributed by atoms with E-state index in [4.69, 9.17) is 4.74 Å². The molecule has 2 aromatic carbocycles. The molecule has 0 aromatic heterocycles. The second-order valence-corrected chi connectivity index (χ2v) is 5.85. The third kappa shape index (κ3) is 5.35. The van der Waals surface area contributed by atoms with Gasteiger partial charge in [-0.25, -0.2) is 0 Å². The first kappa shape index (κ1) is 18.5. The van der Waals surface area contributed by atoms with Crippen molar-refractivity contribution in [1.29, 1.82) is 0 Å². The maximum absolute atomic E-state index is 12.4. The van der Waals surface area contributed by atoms with Gasteiger partial charge in [0.1, 0.15) is 5.75 Å². The van der Waals surface area contributed by atoms with E-state index in [1.54, 1.807) is 36.1 Å². The monoisotopic (exact) mass is 340 g/mol. The van der Waals surface area contributed by atoms with E-state index in [0.29, 0.717) is 13.1 Å². The Labute approximate surface area is 148 Å². The van der Waals surface area contributed by atoms with Gasteiger partial charge >= 0.3 is 0 Å². The molecular weight excluding hydrogens is 316 g/mol. The number of nitrogens with zero attached hydrogens (tertiary/aromatic N) is 2. The smallest absolute Gasteiger partial charge is 0.224 e. The molecule has 0 heterocycles. The molecule has 2 amide bonds. The van der Waals surface area contributed by atoms with Crippen LogP contribution in [-0.2, 0) is 16.1 Å². The van der Waals surface area contributed by atoms with Crippen LogP contribution in [-0.4, -0.2) is 37.4 Å². The largest absolute Gasteiger partial charge is 0.497 e. The molecule has 0 saturated carbocycles. The number of carbonyl (C=O) groups excluding carboxylic acids is 2. The quantitative estimate of drug-likeness (QED) is 0.778. The fourth-order valence-electron chi connectivity index (χ4n) is 2.57. The number of carbonyl (C=O) groups is 2. The molecule has 0 aliphatic heterocycles. The highest BCUT2D eigenvalue weighted by Gasteiger charge is 2.16. The minimum atomic E-state index is -0.0938. The summed E-state index contributed by atoms with van der Waals surface area (Å²) in [5.41, 5.74) is 1.84. The van der Waals surface area contributed by atoms with Gasteiger partial charge in [0.2, 0.25) is 11.8 Å². The molecule has 0 atom stereocenters. The van der Waals surface area contributed by atoms with E-state index < -0.39 is 0 Å². The number of hydrogen-bond acceptors (Lipinski definition) is 3. The van der Waals surface area contributed by atoms with Gasteiger partial charge in [-0.15, -0.1) is 0 Å². The van der Waals surface area contributed by atoms with Crippen LogP contribution in [0.5, 0.6) is 5.75 Å². The van der Waals surface area contributed by atoms with E-state index in [1.165, 1.54) is 6.92 Å². The van der Waals surface area contributed by atoms with Crippen molar-refractivity contribution < 1.29 is 14.3 Å². The number of benzene rings is 2. The predicted octanol–water partition coefficient (Wildman–Crippen LogP) is 3.10. The maximum atomic E-state index is 12.4. The maximum Gasteiger partial charge on any atom is 0.224 e. The number of methoxy groups -OCH3 is 1. The van der Waals surface area contributed by atoms with Gasteiger partial charge in [0.05, 0.1) is 7.11 Å². The van der Waals surface area contributed by atoms with Crippen LogP contribution in [0.2, 0.25) is 0 Å². The van der Waals surface area contributed by atoms with Crippen LogP contribution in [0.15, 0.2) is 54.6 Å². The Hall–Kier alpha value is -2.82. The average Bonchev–Trinajstić information content (AvgIpc) is 2.62. The number of amides is 2. The summed E-state index contributed by atoms with van der Waals surface area (Å²) < 4.78 is 5.13. The molecule has 0 bridgehead atoms. The van der Waals surface area contributed by atoms with Gasteiger partial charge in [-0.1, -0.05) is 30.3 Å². The van der Waals surface area contributed by atoms with Crippen molar-refractivity contribution in [2.24, 2.45) is 0 Å². The summed E-state index contributed by atoms with van der Waals surface area (Å²) in [6.45, 7) is 2.41. The van der Waals surface area contributed by atoms with E-state index >= 15 is 0 Å². The zero-order valence-electron chi connectivity index (χ0n) is 14.9. The summed E-state index contributed by atoms with van der Waals surface area (Å²) in [6, 6.07) is 17.1. The van der Waals surface area contributed by atoms with Crippen LogP contribution in [0.3, 0.4) is 0 Å². The Kier molecular flexibility index (Phi) is 6.57. The number of ether oxygens (including phenoxy) is 1. The van der Waals surface area contributed by atoms with Crippen molar-refractivity contribution in [2.45, 2.75) is 19.9 Å². The Morgan fingerprint density at radius 3 is 2.20 bits per heavy atom. The lowest BCUT2D eigenvalue weighted by Crippen LogP contribution is -2.34. The topological polar surface area (TPSA) is 49.9 Å². The highest BCUT2D eigenvalue weighted by Crippen LogP contribution is 2.20. The minimum Gasteiger partial charge on any atom is -0.497 e. The number of hydrogen-bond donors (Lipinski definition) is 0. The van der Waals surface area contributed by atoms with Crippen LogP contribution >= 0.6 is 0 Å². The Bertz CT molecular complexity index is 699. The fraction of sp³-hybridized carbons (Fsp3) is 0.300. The second-order valence-electron chi connectivity index (χ2n) is 5.85. The lowest BCUT2D eigenvalue weighted by atomic mass is 10.2. The molecule has 0 aliphatic carbocycles. The van der Waals surface area contributed by atoms with Gasteiger partial charge in [0.25, 0.3) is 0 Å². The molecule has 2 aromatic rings. The third-order valence-electron chi connectivity index (χ3n) is 4.00. The zero-order chi connectivity index (χ0) is 18.2. The van der Waals surface area contributed by atoms with Crippen molar-refractivity contribution in [3.05, 3.63) is 60.2 Å². The van der Waals surface area contributed by atoms with Gasteiger partial charge in [0.15, 0.2) is 0 Å². The zero-order valence-corrected chi connectivity index (χ0v) is 14.9. The van der Waals surface area contributed by atoms with E-state index in [9.17, 15) is 9.59 Å². The lowest BCUT2D eigenvalue weighted by Gasteiger charge is -2.23. The van der Waals surface area contributed by atoms with Crippen molar-refractivity contribution >= 4 is 17.5 Å². The van der Waals surface area contributed by atoms with Gasteiger partial charge in [-0.05, 0) is 29.8 Å². The lowest BCUT2D eigenvalue weighted by molar-refractivity contribution is -0.130. The van der Waals surface area contributed by atoms with Gasteiger partial charge in [0, 0.05) is 39.2 Å². The molecule has 25 heavy (non-hydrogen) atoms. The van der Waals surface area contributed by atoms with E-state index in [-0.39, 0.29) is 18.2 Å². The SMILES string of the molecule is COc1ccc(N(CCC(=O)N(C)Cc2ccccc2)C(C)=O)cc1. The highest BCUT2D eigenvalue weighted by atomic mass is 16.5. The third-order valence-corrected chi connectivity index (χ3v) is 4.00. The summed E-state index contributed by atoms with van der Waals surface area (Å²) in [5, 5.41) is 0. The van der Waals surface area contributed by atoms with E-state index in [0.717, 1.165) is 17.0 Å². The first-order valence-electron chi connectivity index (χ1n) is 8.21. The molecular formula is C20H24N2O3. The Morgan fingerprint density at radius 2 is 1.64 bits per heavy atom. The molecule has 0 spiro atoms. The molecule has 0 saturated heterocycles. The van der Waals surface area contributed by atoms with Crippen LogP contribution in [0.4, 0.5) is 5.69 Å². The standard InChI is InChI=1S/C20H24N2O3/c1-16(23)22(18-9-11-19(25-3)12-10-18)14-13-20(24)21(2)15-17-7-5-4-6-8-17/h4-12H,13-15H2,1-3H3. The molecule has 132 valence electrons. The highest BCUT2D eigenvalue weighted by molar-refractivity contribution is 5.92. The van der Waals surface area contributed by atoms with Gasteiger partial charge < -0.3 is 14.5 Å². The molecule has 0 fully saturated rings. The van der Waals surface area contributed by atoms with Crippen molar-refractivity contribution in [2.75, 3.05) is 25.6 Å².